The van der Waals surface area contributed by atoms with Crippen LogP contribution in [0.15, 0.2) is 18.3 Å². The number of rotatable bonds is 4. The Labute approximate surface area is 128 Å². The quantitative estimate of drug-likeness (QED) is 0.802. The van der Waals surface area contributed by atoms with Crippen molar-refractivity contribution in [2.75, 3.05) is 23.9 Å². The lowest BCUT2D eigenvalue weighted by atomic mass is 10.0. The van der Waals surface area contributed by atoms with Crippen LogP contribution in [0.5, 0.6) is 5.75 Å². The number of hydrogen-bond acceptors (Lipinski definition) is 6. The number of benzene rings is 1. The summed E-state index contributed by atoms with van der Waals surface area (Å²) >= 11 is 6.19. The van der Waals surface area contributed by atoms with Crippen molar-refractivity contribution in [2.24, 2.45) is 0 Å². The minimum absolute atomic E-state index is 0.134. The third-order valence-corrected chi connectivity index (χ3v) is 3.35. The Morgan fingerprint density at radius 2 is 1.95 bits per heavy atom. The molecule has 7 heteroatoms. The number of hydrogen-bond donors (Lipinski definition) is 3. The molecule has 2 rings (SSSR count). The Balaban J connectivity index is 2.45. The van der Waals surface area contributed by atoms with Gasteiger partial charge in [-0.05, 0) is 23.6 Å². The number of nitrogen functional groups attached to an aromatic ring is 2. The summed E-state index contributed by atoms with van der Waals surface area (Å²) in [6.07, 6.45) is 1.54. The van der Waals surface area contributed by atoms with Crippen LogP contribution in [0.2, 0.25) is 5.02 Å². The maximum absolute atomic E-state index is 6.19. The van der Waals surface area contributed by atoms with Crippen molar-refractivity contribution >= 4 is 34.7 Å². The molecule has 0 aliphatic carbocycles. The van der Waals surface area contributed by atoms with Crippen molar-refractivity contribution in [3.63, 3.8) is 0 Å². The van der Waals surface area contributed by atoms with E-state index in [9.17, 15) is 0 Å². The van der Waals surface area contributed by atoms with Gasteiger partial charge in [-0.2, -0.15) is 4.98 Å². The van der Waals surface area contributed by atoms with Gasteiger partial charge >= 0.3 is 0 Å². The van der Waals surface area contributed by atoms with Gasteiger partial charge in [0.15, 0.2) is 5.82 Å². The molecule has 0 saturated carbocycles. The van der Waals surface area contributed by atoms with E-state index in [0.717, 1.165) is 11.3 Å². The van der Waals surface area contributed by atoms with Crippen LogP contribution < -0.4 is 21.5 Å². The molecule has 0 atom stereocenters. The van der Waals surface area contributed by atoms with Crippen LogP contribution in [0.3, 0.4) is 0 Å². The molecule has 112 valence electrons. The lowest BCUT2D eigenvalue weighted by Gasteiger charge is -2.17. The van der Waals surface area contributed by atoms with E-state index in [-0.39, 0.29) is 17.7 Å². The SMILES string of the molecule is COc1cc(C(C)C)c(Nc2cnc(N)nc2N)cc1Cl. The molecule has 0 aliphatic rings. The third-order valence-electron chi connectivity index (χ3n) is 3.05. The number of methoxy groups -OCH3 is 1. The Morgan fingerprint density at radius 3 is 2.52 bits per heavy atom. The number of nitrogens with zero attached hydrogens (tertiary/aromatic N) is 2. The molecule has 1 heterocycles. The zero-order valence-corrected chi connectivity index (χ0v) is 12.9. The molecule has 21 heavy (non-hydrogen) atoms. The van der Waals surface area contributed by atoms with Crippen LogP contribution in [-0.2, 0) is 0 Å². The van der Waals surface area contributed by atoms with Crippen molar-refractivity contribution in [1.82, 2.24) is 9.97 Å². The van der Waals surface area contributed by atoms with E-state index >= 15 is 0 Å². The van der Waals surface area contributed by atoms with E-state index in [1.54, 1.807) is 19.4 Å². The molecular formula is C14H18ClN5O. The summed E-state index contributed by atoms with van der Waals surface area (Å²) in [6.45, 7) is 4.16. The van der Waals surface area contributed by atoms with Crippen LogP contribution >= 0.6 is 11.6 Å². The van der Waals surface area contributed by atoms with Crippen molar-refractivity contribution < 1.29 is 4.74 Å². The van der Waals surface area contributed by atoms with Gasteiger partial charge < -0.3 is 21.5 Å². The fourth-order valence-corrected chi connectivity index (χ4v) is 2.20. The van der Waals surface area contributed by atoms with Gasteiger partial charge in [-0.3, -0.25) is 0 Å². The predicted octanol–water partition coefficient (Wildman–Crippen LogP) is 3.17. The number of aromatic nitrogens is 2. The molecular weight excluding hydrogens is 290 g/mol. The van der Waals surface area contributed by atoms with Crippen LogP contribution in [0.25, 0.3) is 0 Å². The van der Waals surface area contributed by atoms with Crippen LogP contribution in [0.1, 0.15) is 25.3 Å². The highest BCUT2D eigenvalue weighted by Crippen LogP contribution is 2.36. The van der Waals surface area contributed by atoms with E-state index in [0.29, 0.717) is 16.5 Å². The molecule has 5 N–H and O–H groups in total. The fraction of sp³-hybridized carbons (Fsp3) is 0.286. The first-order valence-corrected chi connectivity index (χ1v) is 6.82. The first kappa shape index (κ1) is 15.2. The Bertz CT molecular complexity index is 660. The van der Waals surface area contributed by atoms with Gasteiger partial charge in [-0.1, -0.05) is 25.4 Å². The Hall–Kier alpha value is -2.21. The standard InChI is InChI=1S/C14H18ClN5O/c1-7(2)8-4-12(21-3)9(15)5-10(8)19-11-6-18-14(17)20-13(11)16/h4-7,19H,1-3H3,(H4,16,17,18,20). The smallest absolute Gasteiger partial charge is 0.222 e. The average Bonchev–Trinajstić information content (AvgIpc) is 2.41. The summed E-state index contributed by atoms with van der Waals surface area (Å²) in [7, 11) is 1.59. The summed E-state index contributed by atoms with van der Waals surface area (Å²) < 4.78 is 5.25. The number of anilines is 4. The summed E-state index contributed by atoms with van der Waals surface area (Å²) in [4.78, 5) is 7.86. The molecule has 1 aromatic heterocycles. The molecule has 0 aliphatic heterocycles. The molecule has 0 fully saturated rings. The van der Waals surface area contributed by atoms with Gasteiger partial charge in [-0.15, -0.1) is 0 Å². The summed E-state index contributed by atoms with van der Waals surface area (Å²) in [5.41, 5.74) is 13.8. The Kier molecular flexibility index (Phi) is 4.37. The second-order valence-electron chi connectivity index (χ2n) is 4.88. The molecule has 6 nitrogen and oxygen atoms in total. The first-order valence-electron chi connectivity index (χ1n) is 6.44. The molecule has 0 spiro atoms. The van der Waals surface area contributed by atoms with Crippen molar-refractivity contribution in [3.8, 4) is 5.75 Å². The van der Waals surface area contributed by atoms with E-state index < -0.39 is 0 Å². The lowest BCUT2D eigenvalue weighted by molar-refractivity contribution is 0.414. The highest BCUT2D eigenvalue weighted by atomic mass is 35.5. The highest BCUT2D eigenvalue weighted by Gasteiger charge is 2.13. The zero-order valence-electron chi connectivity index (χ0n) is 12.1. The third kappa shape index (κ3) is 3.28. The molecule has 0 radical (unpaired) electrons. The molecule has 0 amide bonds. The number of nitrogens with one attached hydrogen (secondary N) is 1. The molecule has 1 aromatic carbocycles. The van der Waals surface area contributed by atoms with E-state index in [2.05, 4.69) is 29.1 Å². The van der Waals surface area contributed by atoms with Gasteiger partial charge in [0.05, 0.1) is 18.3 Å². The molecule has 0 bridgehead atoms. The van der Waals surface area contributed by atoms with Gasteiger partial charge in [0.25, 0.3) is 0 Å². The molecule has 2 aromatic rings. The maximum Gasteiger partial charge on any atom is 0.222 e. The van der Waals surface area contributed by atoms with Crippen LogP contribution in [0, 0.1) is 0 Å². The molecule has 0 saturated heterocycles. The fourth-order valence-electron chi connectivity index (χ4n) is 1.96. The predicted molar refractivity (Wildman–Crippen MR) is 86.2 cm³/mol. The summed E-state index contributed by atoms with van der Waals surface area (Å²) in [5.74, 6) is 1.32. The van der Waals surface area contributed by atoms with Crippen molar-refractivity contribution in [3.05, 3.63) is 28.9 Å². The van der Waals surface area contributed by atoms with E-state index in [4.69, 9.17) is 27.8 Å². The average molecular weight is 308 g/mol. The summed E-state index contributed by atoms with van der Waals surface area (Å²) in [5, 5.41) is 3.71. The van der Waals surface area contributed by atoms with Gasteiger partial charge in [0.2, 0.25) is 5.95 Å². The largest absolute Gasteiger partial charge is 0.495 e. The number of nitrogens with two attached hydrogens (primary N) is 2. The first-order chi connectivity index (χ1) is 9.92. The number of halogens is 1. The monoisotopic (exact) mass is 307 g/mol. The van der Waals surface area contributed by atoms with Gasteiger partial charge in [0.1, 0.15) is 11.4 Å². The maximum atomic E-state index is 6.19. The second kappa shape index (κ2) is 6.05. The zero-order chi connectivity index (χ0) is 15.6. The second-order valence-corrected chi connectivity index (χ2v) is 5.29. The van der Waals surface area contributed by atoms with Crippen molar-refractivity contribution in [1.29, 1.82) is 0 Å². The summed E-state index contributed by atoms with van der Waals surface area (Å²) in [6, 6.07) is 3.70. The van der Waals surface area contributed by atoms with E-state index in [1.165, 1.54) is 0 Å². The van der Waals surface area contributed by atoms with Gasteiger partial charge in [0, 0.05) is 5.69 Å². The van der Waals surface area contributed by atoms with E-state index in [1.807, 2.05) is 6.07 Å². The van der Waals surface area contributed by atoms with Gasteiger partial charge in [-0.25, -0.2) is 4.98 Å². The topological polar surface area (TPSA) is 99.1 Å². The minimum atomic E-state index is 0.134. The normalized spacial score (nSPS) is 10.7. The number of ether oxygens (including phenoxy) is 1. The Morgan fingerprint density at radius 1 is 1.24 bits per heavy atom. The van der Waals surface area contributed by atoms with Crippen molar-refractivity contribution in [2.45, 2.75) is 19.8 Å². The molecule has 0 unspecified atom stereocenters. The van der Waals surface area contributed by atoms with Crippen LogP contribution in [0.4, 0.5) is 23.1 Å². The minimum Gasteiger partial charge on any atom is -0.495 e. The lowest BCUT2D eigenvalue weighted by Crippen LogP contribution is -2.05. The highest BCUT2D eigenvalue weighted by molar-refractivity contribution is 6.32. The van der Waals surface area contributed by atoms with Crippen LogP contribution in [-0.4, -0.2) is 17.1 Å².